The second kappa shape index (κ2) is 11.8. The van der Waals surface area contributed by atoms with Crippen molar-refractivity contribution in [2.24, 2.45) is 0 Å². The summed E-state index contributed by atoms with van der Waals surface area (Å²) in [5.41, 5.74) is -0.836. The Morgan fingerprint density at radius 2 is 1.70 bits per heavy atom. The second-order valence-corrected chi connectivity index (χ2v) is 10.0. The molecule has 0 bridgehead atoms. The number of nitro benzene ring substituents is 2. The Labute approximate surface area is 247 Å². The van der Waals surface area contributed by atoms with Crippen molar-refractivity contribution in [1.29, 1.82) is 0 Å². The fourth-order valence-electron chi connectivity index (χ4n) is 3.64. The van der Waals surface area contributed by atoms with Crippen molar-refractivity contribution in [2.45, 2.75) is 6.92 Å². The van der Waals surface area contributed by atoms with Gasteiger partial charge in [0.2, 0.25) is 5.75 Å². The van der Waals surface area contributed by atoms with Gasteiger partial charge in [0.05, 0.1) is 31.8 Å². The Hall–Kier alpha value is -4.38. The number of ether oxygens (including phenoxy) is 2. The average Bonchev–Trinajstić information content (AvgIpc) is 2.89. The SMILES string of the molecule is CCOc1cc(/C=C2\C(=O)NC(=O)N(c3ccc(Br)cc3)C2=O)cc(I)c1Oc1ccc([N+](=O)[O-])cc1[N+](=O)[O-]. The molecule has 204 valence electrons. The number of hydrogen-bond acceptors (Lipinski definition) is 9. The van der Waals surface area contributed by atoms with E-state index in [-0.39, 0.29) is 35.1 Å². The zero-order chi connectivity index (χ0) is 29.1. The van der Waals surface area contributed by atoms with Crippen LogP contribution in [0.4, 0.5) is 21.9 Å². The van der Waals surface area contributed by atoms with E-state index in [4.69, 9.17) is 9.47 Å². The van der Waals surface area contributed by atoms with Crippen LogP contribution in [0.3, 0.4) is 0 Å². The molecule has 0 radical (unpaired) electrons. The summed E-state index contributed by atoms with van der Waals surface area (Å²) in [4.78, 5) is 60.1. The van der Waals surface area contributed by atoms with Gasteiger partial charge in [-0.25, -0.2) is 9.69 Å². The lowest BCUT2D eigenvalue weighted by molar-refractivity contribution is -0.394. The predicted molar refractivity (Wildman–Crippen MR) is 153 cm³/mol. The van der Waals surface area contributed by atoms with Crippen LogP contribution in [0.2, 0.25) is 0 Å². The van der Waals surface area contributed by atoms with Gasteiger partial charge in [0.25, 0.3) is 17.5 Å². The molecule has 3 aromatic rings. The number of non-ortho nitro benzene ring substituents is 1. The summed E-state index contributed by atoms with van der Waals surface area (Å²) in [5, 5.41) is 24.8. The first kappa shape index (κ1) is 28.6. The Morgan fingerprint density at radius 1 is 1.00 bits per heavy atom. The second-order valence-electron chi connectivity index (χ2n) is 7.97. The summed E-state index contributed by atoms with van der Waals surface area (Å²) in [6.07, 6.45) is 1.28. The minimum absolute atomic E-state index is 0.0765. The molecule has 1 saturated heterocycles. The minimum Gasteiger partial charge on any atom is -0.490 e. The molecule has 1 N–H and O–H groups in total. The van der Waals surface area contributed by atoms with Crippen molar-refractivity contribution >= 4 is 79.5 Å². The number of nitro groups is 2. The van der Waals surface area contributed by atoms with E-state index in [9.17, 15) is 34.6 Å². The van der Waals surface area contributed by atoms with Crippen LogP contribution in [0.1, 0.15) is 12.5 Å². The van der Waals surface area contributed by atoms with Crippen LogP contribution < -0.4 is 19.7 Å². The summed E-state index contributed by atoms with van der Waals surface area (Å²) in [7, 11) is 0. The Kier molecular flexibility index (Phi) is 8.43. The molecular weight excluding hydrogens is 707 g/mol. The molecule has 1 aliphatic heterocycles. The van der Waals surface area contributed by atoms with Crippen LogP contribution in [0, 0.1) is 23.8 Å². The third kappa shape index (κ3) is 5.94. The van der Waals surface area contributed by atoms with Gasteiger partial charge in [0, 0.05) is 10.5 Å². The summed E-state index contributed by atoms with van der Waals surface area (Å²) in [6, 6.07) is 11.4. The molecule has 15 heteroatoms. The van der Waals surface area contributed by atoms with Gasteiger partial charge in [0.15, 0.2) is 11.5 Å². The van der Waals surface area contributed by atoms with Crippen LogP contribution in [0.5, 0.6) is 17.2 Å². The highest BCUT2D eigenvalue weighted by Gasteiger charge is 2.37. The van der Waals surface area contributed by atoms with Gasteiger partial charge in [-0.15, -0.1) is 0 Å². The standard InChI is InChI=1S/C25H16BrIN4O9/c1-2-39-21-11-13(9-17-23(32)28-25(34)29(24(17)33)15-5-3-14(26)4-6-15)10-18(27)22(21)40-20-8-7-16(30(35)36)12-19(20)31(37)38/h3-12H,2H2,1H3,(H,28,32,34)/b17-9+. The first-order valence-electron chi connectivity index (χ1n) is 11.2. The zero-order valence-corrected chi connectivity index (χ0v) is 24.0. The van der Waals surface area contributed by atoms with Gasteiger partial charge in [-0.05, 0) is 83.6 Å². The molecule has 1 fully saturated rings. The van der Waals surface area contributed by atoms with Gasteiger partial charge < -0.3 is 9.47 Å². The summed E-state index contributed by atoms with van der Waals surface area (Å²) in [6.45, 7) is 1.86. The summed E-state index contributed by atoms with van der Waals surface area (Å²) in [5.74, 6) is -1.79. The van der Waals surface area contributed by atoms with E-state index in [0.717, 1.165) is 27.6 Å². The zero-order valence-electron chi connectivity index (χ0n) is 20.3. The highest BCUT2D eigenvalue weighted by molar-refractivity contribution is 14.1. The highest BCUT2D eigenvalue weighted by atomic mass is 127. The average molecular weight is 723 g/mol. The number of urea groups is 1. The van der Waals surface area contributed by atoms with Crippen LogP contribution in [0.15, 0.2) is 64.6 Å². The number of nitrogens with one attached hydrogen (secondary N) is 1. The van der Waals surface area contributed by atoms with Crippen LogP contribution in [-0.2, 0) is 9.59 Å². The Morgan fingerprint density at radius 3 is 2.33 bits per heavy atom. The maximum absolute atomic E-state index is 13.2. The molecule has 3 aromatic carbocycles. The Bertz CT molecular complexity index is 1610. The number of amides is 4. The topological polar surface area (TPSA) is 171 Å². The lowest BCUT2D eigenvalue weighted by atomic mass is 10.1. The quantitative estimate of drug-likeness (QED) is 0.100. The largest absolute Gasteiger partial charge is 0.490 e. The fraction of sp³-hybridized carbons (Fsp3) is 0.0800. The van der Waals surface area contributed by atoms with Gasteiger partial charge in [0.1, 0.15) is 5.57 Å². The van der Waals surface area contributed by atoms with E-state index < -0.39 is 39.1 Å². The van der Waals surface area contributed by atoms with Crippen molar-refractivity contribution in [3.05, 3.63) is 94.0 Å². The van der Waals surface area contributed by atoms with Gasteiger partial charge in [-0.1, -0.05) is 15.9 Å². The summed E-state index contributed by atoms with van der Waals surface area (Å²) < 4.78 is 12.6. The van der Waals surface area contributed by atoms with E-state index in [1.54, 1.807) is 19.1 Å². The number of anilines is 1. The normalized spacial score (nSPS) is 14.2. The predicted octanol–water partition coefficient (Wildman–Crippen LogP) is 5.73. The van der Waals surface area contributed by atoms with Crippen molar-refractivity contribution in [3.8, 4) is 17.2 Å². The fourth-order valence-corrected chi connectivity index (χ4v) is 4.64. The van der Waals surface area contributed by atoms with Crippen molar-refractivity contribution in [2.75, 3.05) is 11.5 Å². The Balaban J connectivity index is 1.74. The number of halogens is 2. The van der Waals surface area contributed by atoms with E-state index in [0.29, 0.717) is 9.13 Å². The van der Waals surface area contributed by atoms with Gasteiger partial charge in [-0.3, -0.25) is 35.1 Å². The van der Waals surface area contributed by atoms with E-state index in [1.807, 2.05) is 22.6 Å². The number of rotatable bonds is 8. The number of carbonyl (C=O) groups excluding carboxylic acids is 3. The van der Waals surface area contributed by atoms with E-state index in [1.165, 1.54) is 30.3 Å². The monoisotopic (exact) mass is 722 g/mol. The number of carbonyl (C=O) groups is 3. The number of hydrogen-bond donors (Lipinski definition) is 1. The van der Waals surface area contributed by atoms with Gasteiger partial charge >= 0.3 is 11.7 Å². The number of nitrogens with zero attached hydrogens (tertiary/aromatic N) is 3. The molecule has 0 spiro atoms. The smallest absolute Gasteiger partial charge is 0.335 e. The molecule has 1 heterocycles. The van der Waals surface area contributed by atoms with Crippen molar-refractivity contribution < 1.29 is 33.7 Å². The van der Waals surface area contributed by atoms with Crippen LogP contribution in [-0.4, -0.2) is 34.3 Å². The minimum atomic E-state index is -0.896. The maximum Gasteiger partial charge on any atom is 0.335 e. The molecule has 13 nitrogen and oxygen atoms in total. The maximum atomic E-state index is 13.2. The number of imide groups is 2. The molecule has 40 heavy (non-hydrogen) atoms. The molecule has 0 atom stereocenters. The van der Waals surface area contributed by atoms with Crippen LogP contribution in [0.25, 0.3) is 6.08 Å². The van der Waals surface area contributed by atoms with Crippen LogP contribution >= 0.6 is 38.5 Å². The molecule has 0 aliphatic carbocycles. The third-order valence-corrected chi connectivity index (χ3v) is 6.72. The number of barbiturate groups is 1. The first-order chi connectivity index (χ1) is 19.0. The van der Waals surface area contributed by atoms with Gasteiger partial charge in [-0.2, -0.15) is 0 Å². The number of benzene rings is 3. The van der Waals surface area contributed by atoms with E-state index in [2.05, 4.69) is 21.2 Å². The molecule has 0 unspecified atom stereocenters. The molecule has 4 amide bonds. The summed E-state index contributed by atoms with van der Waals surface area (Å²) >= 11 is 5.17. The molecule has 1 aliphatic rings. The van der Waals surface area contributed by atoms with E-state index >= 15 is 0 Å². The third-order valence-electron chi connectivity index (χ3n) is 5.39. The molecule has 0 saturated carbocycles. The van der Waals surface area contributed by atoms with Crippen molar-refractivity contribution in [1.82, 2.24) is 5.32 Å². The first-order valence-corrected chi connectivity index (χ1v) is 13.1. The molecule has 4 rings (SSSR count). The lowest BCUT2D eigenvalue weighted by Crippen LogP contribution is -2.54. The van der Waals surface area contributed by atoms with Crippen molar-refractivity contribution in [3.63, 3.8) is 0 Å². The molecular formula is C25H16BrIN4O9. The highest BCUT2D eigenvalue weighted by Crippen LogP contribution is 2.42. The molecule has 0 aromatic heterocycles. The lowest BCUT2D eigenvalue weighted by Gasteiger charge is -2.26.